The summed E-state index contributed by atoms with van der Waals surface area (Å²) in [6, 6.07) is 9.97. The van der Waals surface area contributed by atoms with Crippen LogP contribution in [0.15, 0.2) is 30.3 Å². The lowest BCUT2D eigenvalue weighted by molar-refractivity contribution is -0.126. The quantitative estimate of drug-likeness (QED) is 0.479. The predicted octanol–water partition coefficient (Wildman–Crippen LogP) is 3.80. The Balaban J connectivity index is 1.56. The molecule has 1 heterocycles. The van der Waals surface area contributed by atoms with Crippen LogP contribution in [0.3, 0.4) is 0 Å². The van der Waals surface area contributed by atoms with Crippen LogP contribution in [0, 0.1) is 0 Å². The van der Waals surface area contributed by atoms with Crippen LogP contribution >= 0.6 is 24.0 Å². The highest BCUT2D eigenvalue weighted by Crippen LogP contribution is 2.19. The minimum Gasteiger partial charge on any atom is -0.438 e. The highest BCUT2D eigenvalue weighted by molar-refractivity contribution is 8.23. The number of benzene rings is 1. The molecular weight excluding hydrogens is 358 g/mol. The number of unbranched alkanes of at least 4 members (excludes halogenated alkanes) is 1. The van der Waals surface area contributed by atoms with Crippen LogP contribution < -0.4 is 0 Å². The van der Waals surface area contributed by atoms with Gasteiger partial charge in [-0.3, -0.25) is 9.69 Å². The molecule has 0 aliphatic carbocycles. The lowest BCUT2D eigenvalue weighted by atomic mass is 10.1. The molecule has 5 nitrogen and oxygen atoms in total. The number of nitrogens with zero attached hydrogens (tertiary/aromatic N) is 1. The zero-order valence-electron chi connectivity index (χ0n) is 14.3. The summed E-state index contributed by atoms with van der Waals surface area (Å²) in [4.78, 5) is 25.4. The van der Waals surface area contributed by atoms with Crippen LogP contribution in [-0.4, -0.2) is 46.1 Å². The number of carbonyl (C=O) groups is 2. The Bertz CT molecular complexity index is 594. The number of carbonyl (C=O) groups excluding carboxylic acids is 2. The summed E-state index contributed by atoms with van der Waals surface area (Å²) in [5, 5.41) is 0. The molecule has 1 aliphatic heterocycles. The molecule has 25 heavy (non-hydrogen) atoms. The maximum absolute atomic E-state index is 12.1. The van der Waals surface area contributed by atoms with Gasteiger partial charge in [-0.2, -0.15) is 0 Å². The average Bonchev–Trinajstić information content (AvgIpc) is 3.04. The smallest absolute Gasteiger partial charge is 0.416 e. The van der Waals surface area contributed by atoms with Gasteiger partial charge in [0.25, 0.3) is 0 Å². The van der Waals surface area contributed by atoms with E-state index in [1.165, 1.54) is 16.7 Å². The first-order chi connectivity index (χ1) is 12.1. The van der Waals surface area contributed by atoms with Crippen molar-refractivity contribution in [1.82, 2.24) is 4.90 Å². The van der Waals surface area contributed by atoms with Gasteiger partial charge in [0, 0.05) is 25.3 Å². The fourth-order valence-electron chi connectivity index (χ4n) is 2.31. The maximum atomic E-state index is 12.1. The van der Waals surface area contributed by atoms with Crippen molar-refractivity contribution in [3.63, 3.8) is 0 Å². The van der Waals surface area contributed by atoms with Gasteiger partial charge < -0.3 is 9.47 Å². The highest BCUT2D eigenvalue weighted by atomic mass is 32.2. The van der Waals surface area contributed by atoms with E-state index in [-0.39, 0.29) is 5.78 Å². The molecule has 1 saturated heterocycles. The molecular formula is C18H23NO4S2. The Hall–Kier alpha value is -1.44. The molecule has 2 rings (SSSR count). The molecule has 1 aromatic rings. The van der Waals surface area contributed by atoms with Crippen molar-refractivity contribution in [1.29, 1.82) is 0 Å². The summed E-state index contributed by atoms with van der Waals surface area (Å²) in [5.74, 6) is 0.702. The van der Waals surface area contributed by atoms with E-state index >= 15 is 0 Å². The second kappa shape index (κ2) is 10.5. The van der Waals surface area contributed by atoms with Gasteiger partial charge in [0.1, 0.15) is 4.32 Å². The summed E-state index contributed by atoms with van der Waals surface area (Å²) >= 11 is 6.52. The number of thiocarbonyl (C=S) groups is 1. The second-order valence-electron chi connectivity index (χ2n) is 5.75. The Labute approximate surface area is 158 Å². The zero-order valence-corrected chi connectivity index (χ0v) is 15.9. The van der Waals surface area contributed by atoms with Crippen molar-refractivity contribution in [2.24, 2.45) is 0 Å². The molecule has 0 unspecified atom stereocenters. The van der Waals surface area contributed by atoms with Gasteiger partial charge >= 0.3 is 6.09 Å². The molecule has 0 N–H and O–H groups in total. The molecule has 0 bridgehead atoms. The Morgan fingerprint density at radius 2 is 2.04 bits per heavy atom. The first-order valence-electron chi connectivity index (χ1n) is 8.37. The van der Waals surface area contributed by atoms with Gasteiger partial charge in [0.05, 0.1) is 6.61 Å². The third-order valence-electron chi connectivity index (χ3n) is 3.79. The summed E-state index contributed by atoms with van der Waals surface area (Å²) in [5.41, 5.74) is 1.14. The first kappa shape index (κ1) is 19.9. The molecule has 0 spiro atoms. The van der Waals surface area contributed by atoms with Gasteiger partial charge in [0.15, 0.2) is 11.9 Å². The fraction of sp³-hybridized carbons (Fsp3) is 0.500. The summed E-state index contributed by atoms with van der Waals surface area (Å²) < 4.78 is 11.3. The molecule has 0 radical (unpaired) electrons. The number of amides is 1. The van der Waals surface area contributed by atoms with E-state index < -0.39 is 12.2 Å². The molecule has 136 valence electrons. The number of ketones is 1. The van der Waals surface area contributed by atoms with Crippen molar-refractivity contribution in [3.05, 3.63) is 35.9 Å². The zero-order chi connectivity index (χ0) is 18.1. The van der Waals surface area contributed by atoms with E-state index in [1.807, 2.05) is 30.3 Å². The molecule has 1 aliphatic rings. The Morgan fingerprint density at radius 3 is 2.72 bits per heavy atom. The van der Waals surface area contributed by atoms with E-state index in [0.717, 1.165) is 17.7 Å². The Morgan fingerprint density at radius 1 is 1.28 bits per heavy atom. The molecule has 0 aromatic heterocycles. The fourth-order valence-corrected chi connectivity index (χ4v) is 3.50. The minimum absolute atomic E-state index is 0.0748. The third kappa shape index (κ3) is 6.76. The molecule has 1 amide bonds. The second-order valence-corrected chi connectivity index (χ2v) is 7.48. The number of hydrogen-bond donors (Lipinski definition) is 0. The maximum Gasteiger partial charge on any atom is 0.416 e. The highest BCUT2D eigenvalue weighted by Gasteiger charge is 2.28. The van der Waals surface area contributed by atoms with Gasteiger partial charge in [-0.1, -0.05) is 54.3 Å². The predicted molar refractivity (Wildman–Crippen MR) is 103 cm³/mol. The molecule has 1 atom stereocenters. The van der Waals surface area contributed by atoms with Crippen molar-refractivity contribution in [2.45, 2.75) is 38.9 Å². The lowest BCUT2D eigenvalue weighted by Crippen LogP contribution is -2.35. The summed E-state index contributed by atoms with van der Waals surface area (Å²) in [6.45, 7) is 3.34. The van der Waals surface area contributed by atoms with E-state index in [9.17, 15) is 9.59 Å². The van der Waals surface area contributed by atoms with Crippen LogP contribution in [0.2, 0.25) is 0 Å². The largest absolute Gasteiger partial charge is 0.438 e. The number of hydrogen-bond acceptors (Lipinski definition) is 6. The molecule has 1 aromatic carbocycles. The normalized spacial score (nSPS) is 15.2. The Kier molecular flexibility index (Phi) is 8.37. The molecule has 7 heteroatoms. The van der Waals surface area contributed by atoms with Crippen molar-refractivity contribution in [2.75, 3.05) is 18.9 Å². The summed E-state index contributed by atoms with van der Waals surface area (Å²) in [7, 11) is 0. The van der Waals surface area contributed by atoms with Crippen molar-refractivity contribution in [3.8, 4) is 0 Å². The van der Waals surface area contributed by atoms with Gasteiger partial charge in [0.2, 0.25) is 0 Å². The number of Topliss-reactive ketones (excluding diaryl/α,β-unsaturated/α-hetero) is 1. The number of thioether (sulfide) groups is 1. The topological polar surface area (TPSA) is 55.8 Å². The SMILES string of the molecule is C[C@@H](OC(=O)N1CCSC1=S)C(=O)CCCCOCc1ccccc1. The van der Waals surface area contributed by atoms with Crippen LogP contribution in [0.1, 0.15) is 31.7 Å². The van der Waals surface area contributed by atoms with Crippen molar-refractivity contribution < 1.29 is 19.1 Å². The monoisotopic (exact) mass is 381 g/mol. The van der Waals surface area contributed by atoms with E-state index in [0.29, 0.717) is 36.9 Å². The number of rotatable bonds is 9. The molecule has 1 fully saturated rings. The van der Waals surface area contributed by atoms with Gasteiger partial charge in [-0.15, -0.1) is 0 Å². The van der Waals surface area contributed by atoms with E-state index in [1.54, 1.807) is 6.92 Å². The lowest BCUT2D eigenvalue weighted by Gasteiger charge is -2.18. The van der Waals surface area contributed by atoms with Gasteiger partial charge in [-0.05, 0) is 25.3 Å². The van der Waals surface area contributed by atoms with Crippen LogP contribution in [0.25, 0.3) is 0 Å². The standard InChI is InChI=1S/C18H23NO4S2/c1-14(23-17(21)19-10-12-25-18(19)24)16(20)9-5-6-11-22-13-15-7-3-2-4-8-15/h2-4,7-8,14H,5-6,9-13H2,1H3/t14-/m1/s1. The van der Waals surface area contributed by atoms with Crippen LogP contribution in [0.5, 0.6) is 0 Å². The van der Waals surface area contributed by atoms with Crippen molar-refractivity contribution >= 4 is 40.2 Å². The third-order valence-corrected chi connectivity index (χ3v) is 5.21. The molecule has 0 saturated carbocycles. The van der Waals surface area contributed by atoms with Crippen LogP contribution in [-0.2, 0) is 20.9 Å². The summed E-state index contributed by atoms with van der Waals surface area (Å²) in [6.07, 6.45) is 0.621. The van der Waals surface area contributed by atoms with E-state index in [4.69, 9.17) is 21.7 Å². The van der Waals surface area contributed by atoms with E-state index in [2.05, 4.69) is 0 Å². The van der Waals surface area contributed by atoms with Gasteiger partial charge in [-0.25, -0.2) is 4.79 Å². The minimum atomic E-state index is -0.744. The van der Waals surface area contributed by atoms with Crippen LogP contribution in [0.4, 0.5) is 4.79 Å². The average molecular weight is 382 g/mol. The first-order valence-corrected chi connectivity index (χ1v) is 9.76. The number of ether oxygens (including phenoxy) is 2.